The standard InChI is InChI=1S/C28H27FN6O4/c1-14-22(15(2)33-32-14)17-4-7-19(8-5-17)30-27(37)25(31-26(36)24-16(3)34-39-35-24)23-20-9-6-18(29)12-21(20)38-13-28(23)10-11-28/h4-9,12,23,25H,10-11,13H2,1-3H3,(H,30,37)(H,31,36)(H,32,33)/t23?,25-/m0/s1. The first kappa shape index (κ1) is 24.8. The number of amides is 2. The molecule has 2 aromatic heterocycles. The third kappa shape index (κ3) is 4.43. The molecule has 1 saturated carbocycles. The van der Waals surface area contributed by atoms with Gasteiger partial charge in [-0.2, -0.15) is 5.10 Å². The molecule has 1 unspecified atom stereocenters. The Bertz CT molecular complexity index is 1550. The van der Waals surface area contributed by atoms with E-state index in [4.69, 9.17) is 9.37 Å². The molecule has 0 radical (unpaired) electrons. The van der Waals surface area contributed by atoms with Gasteiger partial charge in [-0.15, -0.1) is 0 Å². The summed E-state index contributed by atoms with van der Waals surface area (Å²) in [5, 5.41) is 20.5. The van der Waals surface area contributed by atoms with Gasteiger partial charge >= 0.3 is 0 Å². The molecule has 6 rings (SSSR count). The van der Waals surface area contributed by atoms with Crippen LogP contribution in [0.2, 0.25) is 0 Å². The van der Waals surface area contributed by atoms with Gasteiger partial charge in [-0.05, 0) is 62.5 Å². The summed E-state index contributed by atoms with van der Waals surface area (Å²) in [5.41, 5.74) is 5.01. The van der Waals surface area contributed by atoms with Crippen molar-refractivity contribution >= 4 is 17.5 Å². The molecule has 39 heavy (non-hydrogen) atoms. The molecule has 0 bridgehead atoms. The Labute approximate surface area is 223 Å². The van der Waals surface area contributed by atoms with Gasteiger partial charge in [-0.1, -0.05) is 23.4 Å². The van der Waals surface area contributed by atoms with E-state index in [-0.39, 0.29) is 11.1 Å². The van der Waals surface area contributed by atoms with E-state index in [1.807, 2.05) is 38.1 Å². The van der Waals surface area contributed by atoms with E-state index in [0.717, 1.165) is 35.4 Å². The summed E-state index contributed by atoms with van der Waals surface area (Å²) < 4.78 is 24.6. The number of H-pyrrole nitrogens is 1. The Morgan fingerprint density at radius 1 is 1.08 bits per heavy atom. The Balaban J connectivity index is 1.33. The molecule has 200 valence electrons. The lowest BCUT2D eigenvalue weighted by molar-refractivity contribution is -0.119. The number of carbonyl (C=O) groups excluding carboxylic acids is 2. The maximum atomic E-state index is 14.0. The van der Waals surface area contributed by atoms with Crippen LogP contribution >= 0.6 is 0 Å². The van der Waals surface area contributed by atoms with Gasteiger partial charge in [-0.3, -0.25) is 14.7 Å². The average Bonchev–Trinajstić information content (AvgIpc) is 3.42. The minimum Gasteiger partial charge on any atom is -0.493 e. The molecule has 2 aromatic carbocycles. The van der Waals surface area contributed by atoms with Gasteiger partial charge < -0.3 is 15.4 Å². The summed E-state index contributed by atoms with van der Waals surface area (Å²) in [6, 6.07) is 10.7. The number of aromatic amines is 1. The SMILES string of the molecule is Cc1nonc1C(=O)N[C@H](C(=O)Nc1ccc(-c2c(C)n[nH]c2C)cc1)C1c2ccc(F)cc2OCC12CC2. The zero-order valence-electron chi connectivity index (χ0n) is 21.7. The smallest absolute Gasteiger partial charge is 0.276 e. The van der Waals surface area contributed by atoms with E-state index in [1.54, 1.807) is 13.0 Å². The first-order valence-electron chi connectivity index (χ1n) is 12.7. The highest BCUT2D eigenvalue weighted by Crippen LogP contribution is 2.61. The number of fused-ring (bicyclic) bond motifs is 1. The summed E-state index contributed by atoms with van der Waals surface area (Å²) in [4.78, 5) is 27.1. The number of carbonyl (C=O) groups is 2. The van der Waals surface area contributed by atoms with Gasteiger partial charge in [0.15, 0.2) is 5.69 Å². The molecule has 1 aliphatic carbocycles. The highest BCUT2D eigenvalue weighted by molar-refractivity contribution is 6.01. The maximum absolute atomic E-state index is 14.0. The summed E-state index contributed by atoms with van der Waals surface area (Å²) in [6.45, 7) is 5.81. The van der Waals surface area contributed by atoms with Crippen LogP contribution in [-0.4, -0.2) is 45.0 Å². The van der Waals surface area contributed by atoms with Crippen LogP contribution in [0.4, 0.5) is 10.1 Å². The molecule has 1 spiro atoms. The van der Waals surface area contributed by atoms with Crippen molar-refractivity contribution < 1.29 is 23.3 Å². The lowest BCUT2D eigenvalue weighted by Crippen LogP contribution is -2.52. The van der Waals surface area contributed by atoms with E-state index < -0.39 is 29.6 Å². The molecule has 2 atom stereocenters. The molecule has 11 heteroatoms. The Morgan fingerprint density at radius 3 is 2.49 bits per heavy atom. The molecule has 1 fully saturated rings. The molecule has 3 N–H and O–H groups in total. The normalized spacial score (nSPS) is 17.7. The van der Waals surface area contributed by atoms with Crippen molar-refractivity contribution in [3.8, 4) is 16.9 Å². The molecule has 2 aliphatic rings. The number of anilines is 1. The summed E-state index contributed by atoms with van der Waals surface area (Å²) in [6.07, 6.45) is 1.63. The van der Waals surface area contributed by atoms with E-state index in [9.17, 15) is 14.0 Å². The third-order valence-electron chi connectivity index (χ3n) is 7.72. The topological polar surface area (TPSA) is 135 Å². The van der Waals surface area contributed by atoms with Crippen LogP contribution in [0.15, 0.2) is 47.1 Å². The van der Waals surface area contributed by atoms with Crippen LogP contribution in [0.25, 0.3) is 11.1 Å². The van der Waals surface area contributed by atoms with Crippen LogP contribution in [0.5, 0.6) is 5.75 Å². The van der Waals surface area contributed by atoms with Crippen LogP contribution in [-0.2, 0) is 4.79 Å². The van der Waals surface area contributed by atoms with Crippen LogP contribution in [0.3, 0.4) is 0 Å². The molecule has 3 heterocycles. The maximum Gasteiger partial charge on any atom is 0.276 e. The fraction of sp³-hybridized carbons (Fsp3) is 0.321. The molecule has 4 aromatic rings. The van der Waals surface area contributed by atoms with Crippen molar-refractivity contribution in [3.63, 3.8) is 0 Å². The fourth-order valence-electron chi connectivity index (χ4n) is 5.54. The largest absolute Gasteiger partial charge is 0.493 e. The second-order valence-electron chi connectivity index (χ2n) is 10.3. The lowest BCUT2D eigenvalue weighted by atomic mass is 9.76. The van der Waals surface area contributed by atoms with Crippen molar-refractivity contribution in [3.05, 3.63) is 76.6 Å². The summed E-state index contributed by atoms with van der Waals surface area (Å²) >= 11 is 0. The third-order valence-corrected chi connectivity index (χ3v) is 7.72. The quantitative estimate of drug-likeness (QED) is 0.340. The lowest BCUT2D eigenvalue weighted by Gasteiger charge is -2.38. The molecule has 1 aliphatic heterocycles. The van der Waals surface area contributed by atoms with Crippen LogP contribution in [0, 0.1) is 32.0 Å². The predicted octanol–water partition coefficient (Wildman–Crippen LogP) is 4.22. The molecule has 2 amide bonds. The minimum absolute atomic E-state index is 0.000703. The summed E-state index contributed by atoms with van der Waals surface area (Å²) in [7, 11) is 0. The molecular formula is C28H27FN6O4. The van der Waals surface area contributed by atoms with Gasteiger partial charge in [0.25, 0.3) is 5.91 Å². The number of rotatable bonds is 6. The van der Waals surface area contributed by atoms with Gasteiger partial charge in [0, 0.05) is 39.9 Å². The van der Waals surface area contributed by atoms with Crippen molar-refractivity contribution in [2.45, 2.75) is 45.6 Å². The Hall–Kier alpha value is -4.54. The Kier molecular flexibility index (Phi) is 5.93. The zero-order valence-corrected chi connectivity index (χ0v) is 21.7. The summed E-state index contributed by atoms with van der Waals surface area (Å²) in [5.74, 6) is -1.49. The number of halogens is 1. The molecular weight excluding hydrogens is 503 g/mol. The van der Waals surface area contributed by atoms with Gasteiger partial charge in [-0.25, -0.2) is 9.02 Å². The van der Waals surface area contributed by atoms with Gasteiger partial charge in [0.05, 0.1) is 12.3 Å². The number of hydrogen-bond acceptors (Lipinski definition) is 7. The zero-order chi connectivity index (χ0) is 27.3. The van der Waals surface area contributed by atoms with Crippen LogP contribution in [0.1, 0.15) is 51.9 Å². The number of ether oxygens (including phenoxy) is 1. The highest BCUT2D eigenvalue weighted by Gasteiger charge is 2.58. The van der Waals surface area contributed by atoms with Gasteiger partial charge in [0.1, 0.15) is 23.3 Å². The van der Waals surface area contributed by atoms with E-state index in [0.29, 0.717) is 29.3 Å². The first-order chi connectivity index (χ1) is 18.8. The van der Waals surface area contributed by atoms with Crippen molar-refractivity contribution in [2.75, 3.05) is 11.9 Å². The first-order valence-corrected chi connectivity index (χ1v) is 12.7. The Morgan fingerprint density at radius 2 is 1.85 bits per heavy atom. The second kappa shape index (κ2) is 9.33. The number of aromatic nitrogens is 4. The monoisotopic (exact) mass is 530 g/mol. The number of benzene rings is 2. The molecule has 0 saturated heterocycles. The average molecular weight is 531 g/mol. The van der Waals surface area contributed by atoms with Crippen molar-refractivity contribution in [2.24, 2.45) is 5.41 Å². The number of aryl methyl sites for hydroxylation is 3. The number of nitrogens with one attached hydrogen (secondary N) is 3. The van der Waals surface area contributed by atoms with E-state index >= 15 is 0 Å². The predicted molar refractivity (Wildman–Crippen MR) is 139 cm³/mol. The van der Waals surface area contributed by atoms with E-state index in [1.165, 1.54) is 12.1 Å². The van der Waals surface area contributed by atoms with Crippen molar-refractivity contribution in [1.29, 1.82) is 0 Å². The van der Waals surface area contributed by atoms with E-state index in [2.05, 4.69) is 31.1 Å². The fourth-order valence-corrected chi connectivity index (χ4v) is 5.54. The second-order valence-corrected chi connectivity index (χ2v) is 10.3. The molecule has 10 nitrogen and oxygen atoms in total. The van der Waals surface area contributed by atoms with Crippen LogP contribution < -0.4 is 15.4 Å². The highest BCUT2D eigenvalue weighted by atomic mass is 19.1. The van der Waals surface area contributed by atoms with Gasteiger partial charge in [0.2, 0.25) is 5.91 Å². The number of nitrogens with zero attached hydrogens (tertiary/aromatic N) is 3. The minimum atomic E-state index is -0.998. The number of hydrogen-bond donors (Lipinski definition) is 3. The van der Waals surface area contributed by atoms with Crippen molar-refractivity contribution in [1.82, 2.24) is 25.8 Å².